The molecule has 2 rings (SSSR count). The van der Waals surface area contributed by atoms with E-state index in [1.807, 2.05) is 11.7 Å². The van der Waals surface area contributed by atoms with Gasteiger partial charge >= 0.3 is 0 Å². The molecule has 4 nitrogen and oxygen atoms in total. The fourth-order valence-corrected chi connectivity index (χ4v) is 1.60. The van der Waals surface area contributed by atoms with Crippen molar-refractivity contribution >= 4 is 0 Å². The summed E-state index contributed by atoms with van der Waals surface area (Å²) >= 11 is 0. The van der Waals surface area contributed by atoms with Crippen LogP contribution < -0.4 is 10.1 Å². The molecule has 1 aromatic carbocycles. The lowest BCUT2D eigenvalue weighted by Gasteiger charge is -2.02. The molecule has 0 saturated heterocycles. The van der Waals surface area contributed by atoms with Gasteiger partial charge in [0, 0.05) is 12.6 Å². The van der Waals surface area contributed by atoms with E-state index in [2.05, 4.69) is 10.4 Å². The topological polar surface area (TPSA) is 39.1 Å². The third-order valence-electron chi connectivity index (χ3n) is 2.46. The van der Waals surface area contributed by atoms with E-state index < -0.39 is 0 Å². The first-order valence-electron chi connectivity index (χ1n) is 5.88. The van der Waals surface area contributed by atoms with Crippen molar-refractivity contribution in [3.63, 3.8) is 0 Å². The average Bonchev–Trinajstić information content (AvgIpc) is 2.77. The molecule has 0 radical (unpaired) electrons. The van der Waals surface area contributed by atoms with Crippen LogP contribution in [-0.4, -0.2) is 23.4 Å². The lowest BCUT2D eigenvalue weighted by molar-refractivity contribution is 0.474. The Bertz CT molecular complexity index is 498. The monoisotopic (exact) mass is 249 g/mol. The highest BCUT2D eigenvalue weighted by atomic mass is 19.1. The van der Waals surface area contributed by atoms with E-state index in [9.17, 15) is 4.39 Å². The Morgan fingerprint density at radius 2 is 2.28 bits per heavy atom. The van der Waals surface area contributed by atoms with Crippen molar-refractivity contribution in [2.24, 2.45) is 0 Å². The van der Waals surface area contributed by atoms with Crippen LogP contribution in [0, 0.1) is 5.82 Å². The molecule has 0 aliphatic heterocycles. The van der Waals surface area contributed by atoms with Crippen LogP contribution in [0.15, 0.2) is 36.7 Å². The second-order valence-corrected chi connectivity index (χ2v) is 3.96. The zero-order chi connectivity index (χ0) is 12.8. The first kappa shape index (κ1) is 12.6. The average molecular weight is 249 g/mol. The van der Waals surface area contributed by atoms with Gasteiger partial charge in [0.2, 0.25) is 0 Å². The smallest absolute Gasteiger partial charge is 0.165 e. The van der Waals surface area contributed by atoms with Gasteiger partial charge in [-0.05, 0) is 32.1 Å². The maximum atomic E-state index is 13.0. The minimum Gasteiger partial charge on any atom is -0.454 e. The van der Waals surface area contributed by atoms with Crippen molar-refractivity contribution in [3.8, 4) is 11.5 Å². The minimum absolute atomic E-state index is 0.311. The predicted octanol–water partition coefficient (Wildman–Crippen LogP) is 2.42. The minimum atomic E-state index is -0.311. The number of hydrogen-bond donors (Lipinski definition) is 1. The van der Waals surface area contributed by atoms with E-state index in [4.69, 9.17) is 4.74 Å². The summed E-state index contributed by atoms with van der Waals surface area (Å²) in [5.74, 6) is 0.781. The number of hydrogen-bond acceptors (Lipinski definition) is 3. The number of ether oxygens (including phenoxy) is 1. The third-order valence-corrected chi connectivity index (χ3v) is 2.46. The maximum Gasteiger partial charge on any atom is 0.165 e. The van der Waals surface area contributed by atoms with Crippen molar-refractivity contribution < 1.29 is 9.13 Å². The zero-order valence-electron chi connectivity index (χ0n) is 10.3. The third kappa shape index (κ3) is 3.56. The number of nitrogens with one attached hydrogen (secondary N) is 1. The Hall–Kier alpha value is -1.88. The fourth-order valence-electron chi connectivity index (χ4n) is 1.60. The van der Waals surface area contributed by atoms with Crippen molar-refractivity contribution in [2.45, 2.75) is 13.0 Å². The van der Waals surface area contributed by atoms with E-state index in [0.29, 0.717) is 11.5 Å². The van der Waals surface area contributed by atoms with Gasteiger partial charge < -0.3 is 10.1 Å². The largest absolute Gasteiger partial charge is 0.454 e. The van der Waals surface area contributed by atoms with Gasteiger partial charge in [-0.1, -0.05) is 6.07 Å². The van der Waals surface area contributed by atoms with E-state index in [0.717, 1.165) is 19.5 Å². The first-order chi connectivity index (χ1) is 8.78. The highest BCUT2D eigenvalue weighted by Crippen LogP contribution is 2.21. The molecular formula is C13H16FN3O. The molecule has 18 heavy (non-hydrogen) atoms. The number of nitrogens with zero attached hydrogens (tertiary/aromatic N) is 2. The lowest BCUT2D eigenvalue weighted by Crippen LogP contribution is -2.11. The zero-order valence-corrected chi connectivity index (χ0v) is 10.3. The molecule has 0 spiro atoms. The Balaban J connectivity index is 1.94. The van der Waals surface area contributed by atoms with Gasteiger partial charge in [-0.3, -0.25) is 4.68 Å². The summed E-state index contributed by atoms with van der Waals surface area (Å²) in [6.45, 7) is 1.77. The molecule has 1 aromatic heterocycles. The first-order valence-corrected chi connectivity index (χ1v) is 5.88. The van der Waals surface area contributed by atoms with Crippen molar-refractivity contribution in [1.29, 1.82) is 0 Å². The molecule has 0 amide bonds. The quantitative estimate of drug-likeness (QED) is 0.799. The maximum absolute atomic E-state index is 13.0. The molecule has 0 atom stereocenters. The Morgan fingerprint density at radius 1 is 1.39 bits per heavy atom. The van der Waals surface area contributed by atoms with E-state index in [1.54, 1.807) is 24.5 Å². The summed E-state index contributed by atoms with van der Waals surface area (Å²) < 4.78 is 20.3. The molecule has 0 saturated carbocycles. The molecule has 1 heterocycles. The summed E-state index contributed by atoms with van der Waals surface area (Å²) in [6, 6.07) is 6.05. The van der Waals surface area contributed by atoms with Gasteiger partial charge in [-0.25, -0.2) is 4.39 Å². The fraction of sp³-hybridized carbons (Fsp3) is 0.308. The van der Waals surface area contributed by atoms with Crippen LogP contribution in [0.2, 0.25) is 0 Å². The number of aryl methyl sites for hydroxylation is 1. The van der Waals surface area contributed by atoms with Gasteiger partial charge in [0.1, 0.15) is 11.6 Å². The van der Waals surface area contributed by atoms with Crippen LogP contribution in [0.5, 0.6) is 11.5 Å². The molecule has 0 bridgehead atoms. The Morgan fingerprint density at radius 3 is 3.06 bits per heavy atom. The molecule has 1 N–H and O–H groups in total. The number of halogens is 1. The molecule has 0 aliphatic rings. The summed E-state index contributed by atoms with van der Waals surface area (Å²) in [5.41, 5.74) is 0. The van der Waals surface area contributed by atoms with E-state index >= 15 is 0 Å². The molecule has 5 heteroatoms. The van der Waals surface area contributed by atoms with Crippen LogP contribution in [0.4, 0.5) is 4.39 Å². The molecular weight excluding hydrogens is 233 g/mol. The highest BCUT2D eigenvalue weighted by Gasteiger charge is 2.02. The molecule has 96 valence electrons. The SMILES string of the molecule is CNCCCn1cc(Oc2cccc(F)c2)cn1. The number of benzene rings is 1. The molecule has 0 fully saturated rings. The van der Waals surface area contributed by atoms with Gasteiger partial charge in [0.25, 0.3) is 0 Å². The van der Waals surface area contributed by atoms with Crippen molar-refractivity contribution in [3.05, 3.63) is 42.5 Å². The summed E-state index contributed by atoms with van der Waals surface area (Å²) in [5, 5.41) is 7.25. The van der Waals surface area contributed by atoms with Crippen molar-refractivity contribution in [1.82, 2.24) is 15.1 Å². The van der Waals surface area contributed by atoms with Crippen LogP contribution in [0.1, 0.15) is 6.42 Å². The molecule has 0 aliphatic carbocycles. The van der Waals surface area contributed by atoms with E-state index in [1.165, 1.54) is 12.1 Å². The Labute approximate surface area is 105 Å². The van der Waals surface area contributed by atoms with Gasteiger partial charge in [-0.2, -0.15) is 5.10 Å². The number of rotatable bonds is 6. The normalized spacial score (nSPS) is 10.6. The summed E-state index contributed by atoms with van der Waals surface area (Å²) in [4.78, 5) is 0. The van der Waals surface area contributed by atoms with Crippen molar-refractivity contribution in [2.75, 3.05) is 13.6 Å². The second-order valence-electron chi connectivity index (χ2n) is 3.96. The molecule has 0 unspecified atom stereocenters. The van der Waals surface area contributed by atoms with Crippen LogP contribution in [0.3, 0.4) is 0 Å². The van der Waals surface area contributed by atoms with Crippen LogP contribution in [-0.2, 0) is 6.54 Å². The standard InChI is InChI=1S/C13H16FN3O/c1-15-6-3-7-17-10-13(9-16-17)18-12-5-2-4-11(14)8-12/h2,4-5,8-10,15H,3,6-7H2,1H3. The van der Waals surface area contributed by atoms with E-state index in [-0.39, 0.29) is 5.82 Å². The predicted molar refractivity (Wildman–Crippen MR) is 67.2 cm³/mol. The second kappa shape index (κ2) is 6.16. The van der Waals surface area contributed by atoms with Crippen LogP contribution >= 0.6 is 0 Å². The lowest BCUT2D eigenvalue weighted by atomic mass is 10.3. The Kier molecular flexibility index (Phi) is 4.30. The van der Waals surface area contributed by atoms with Gasteiger partial charge in [0.15, 0.2) is 5.75 Å². The highest BCUT2D eigenvalue weighted by molar-refractivity contribution is 5.28. The molecule has 2 aromatic rings. The van der Waals surface area contributed by atoms with Gasteiger partial charge in [0.05, 0.1) is 12.4 Å². The number of aromatic nitrogens is 2. The summed E-state index contributed by atoms with van der Waals surface area (Å²) in [6.07, 6.45) is 4.43. The summed E-state index contributed by atoms with van der Waals surface area (Å²) in [7, 11) is 1.92. The van der Waals surface area contributed by atoms with Gasteiger partial charge in [-0.15, -0.1) is 0 Å². The van der Waals surface area contributed by atoms with Crippen LogP contribution in [0.25, 0.3) is 0 Å².